The fourth-order valence-corrected chi connectivity index (χ4v) is 1.49. The molecule has 0 saturated carbocycles. The number of allylic oxidation sites excluding steroid dienone is 2. The summed E-state index contributed by atoms with van der Waals surface area (Å²) in [5.74, 6) is -0.251. The predicted octanol–water partition coefficient (Wildman–Crippen LogP) is 1.69. The number of aliphatic carboxylic acids is 1. The van der Waals surface area contributed by atoms with Crippen molar-refractivity contribution in [2.24, 2.45) is 0 Å². The van der Waals surface area contributed by atoms with Crippen molar-refractivity contribution < 1.29 is 14.6 Å². The van der Waals surface area contributed by atoms with Gasteiger partial charge in [-0.25, -0.2) is 4.79 Å². The van der Waals surface area contributed by atoms with Gasteiger partial charge in [0.2, 0.25) is 0 Å². The Morgan fingerprint density at radius 2 is 2.50 bits per heavy atom. The normalized spacial score (nSPS) is 22.7. The molecular formula is C8H9BrO3. The van der Waals surface area contributed by atoms with Gasteiger partial charge in [0.25, 0.3) is 0 Å². The van der Waals surface area contributed by atoms with Crippen LogP contribution in [0.25, 0.3) is 0 Å². The molecule has 0 heterocycles. The average Bonchev–Trinajstić information content (AvgIpc) is 2.05. The number of hydrogen-bond donors (Lipinski definition) is 1. The number of carboxylic acid groups (broad SMARTS) is 1. The van der Waals surface area contributed by atoms with Crippen molar-refractivity contribution >= 4 is 21.9 Å². The van der Waals surface area contributed by atoms with E-state index in [9.17, 15) is 4.79 Å². The topological polar surface area (TPSA) is 46.5 Å². The number of methoxy groups -OCH3 is 1. The van der Waals surface area contributed by atoms with Gasteiger partial charge in [-0.15, -0.1) is 0 Å². The SMILES string of the molecule is COC1=CC(C(=O)O)=CCC1Br. The van der Waals surface area contributed by atoms with Crippen LogP contribution >= 0.6 is 15.9 Å². The summed E-state index contributed by atoms with van der Waals surface area (Å²) in [4.78, 5) is 10.6. The molecule has 0 amide bonds. The van der Waals surface area contributed by atoms with E-state index in [0.717, 1.165) is 0 Å². The zero-order chi connectivity index (χ0) is 9.14. The van der Waals surface area contributed by atoms with E-state index in [4.69, 9.17) is 9.84 Å². The smallest absolute Gasteiger partial charge is 0.335 e. The molecular weight excluding hydrogens is 224 g/mol. The fraction of sp³-hybridized carbons (Fsp3) is 0.375. The first-order chi connectivity index (χ1) is 5.65. The van der Waals surface area contributed by atoms with Gasteiger partial charge in [0, 0.05) is 0 Å². The molecule has 1 N–H and O–H groups in total. The van der Waals surface area contributed by atoms with Crippen LogP contribution in [0.5, 0.6) is 0 Å². The minimum Gasteiger partial charge on any atom is -0.500 e. The summed E-state index contributed by atoms with van der Waals surface area (Å²) in [7, 11) is 1.53. The average molecular weight is 233 g/mol. The van der Waals surface area contributed by atoms with Crippen LogP contribution < -0.4 is 0 Å². The Hall–Kier alpha value is -0.770. The number of alkyl halides is 1. The number of carboxylic acids is 1. The summed E-state index contributed by atoms with van der Waals surface area (Å²) in [5.41, 5.74) is 0.294. The van der Waals surface area contributed by atoms with Crippen molar-refractivity contribution in [1.29, 1.82) is 0 Å². The molecule has 0 saturated heterocycles. The van der Waals surface area contributed by atoms with Crippen molar-refractivity contribution in [3.8, 4) is 0 Å². The molecule has 0 bridgehead atoms. The monoisotopic (exact) mass is 232 g/mol. The zero-order valence-electron chi connectivity index (χ0n) is 6.58. The lowest BCUT2D eigenvalue weighted by molar-refractivity contribution is -0.132. The second-order valence-electron chi connectivity index (χ2n) is 2.42. The van der Waals surface area contributed by atoms with E-state index >= 15 is 0 Å². The highest BCUT2D eigenvalue weighted by molar-refractivity contribution is 9.09. The number of halogens is 1. The third-order valence-corrected chi connectivity index (χ3v) is 2.46. The van der Waals surface area contributed by atoms with E-state index in [-0.39, 0.29) is 4.83 Å². The molecule has 0 fully saturated rings. The van der Waals surface area contributed by atoms with Gasteiger partial charge in [-0.3, -0.25) is 0 Å². The molecule has 66 valence electrons. The molecule has 4 heteroatoms. The molecule has 1 aliphatic carbocycles. The quantitative estimate of drug-likeness (QED) is 0.738. The minimum atomic E-state index is -0.913. The Kier molecular flexibility index (Phi) is 2.92. The van der Waals surface area contributed by atoms with Crippen LogP contribution in [-0.4, -0.2) is 23.0 Å². The fourth-order valence-electron chi connectivity index (χ4n) is 0.985. The number of hydrogen-bond acceptors (Lipinski definition) is 2. The molecule has 1 atom stereocenters. The zero-order valence-corrected chi connectivity index (χ0v) is 8.17. The van der Waals surface area contributed by atoms with Crippen molar-refractivity contribution in [2.45, 2.75) is 11.2 Å². The lowest BCUT2D eigenvalue weighted by Gasteiger charge is -2.15. The molecule has 1 aliphatic rings. The molecule has 0 radical (unpaired) electrons. The number of carbonyl (C=O) groups is 1. The number of rotatable bonds is 2. The van der Waals surface area contributed by atoms with Crippen molar-refractivity contribution in [3.63, 3.8) is 0 Å². The Morgan fingerprint density at radius 1 is 1.83 bits per heavy atom. The van der Waals surface area contributed by atoms with Gasteiger partial charge in [-0.1, -0.05) is 22.0 Å². The summed E-state index contributed by atoms with van der Waals surface area (Å²) < 4.78 is 4.99. The van der Waals surface area contributed by atoms with Crippen LogP contribution in [0.15, 0.2) is 23.5 Å². The molecule has 12 heavy (non-hydrogen) atoms. The minimum absolute atomic E-state index is 0.102. The summed E-state index contributed by atoms with van der Waals surface area (Å²) in [6.45, 7) is 0. The van der Waals surface area contributed by atoms with Crippen molar-refractivity contribution in [2.75, 3.05) is 7.11 Å². The number of ether oxygens (including phenoxy) is 1. The van der Waals surface area contributed by atoms with E-state index in [1.807, 2.05) is 0 Å². The molecule has 0 aliphatic heterocycles. The lowest BCUT2D eigenvalue weighted by atomic mass is 10.1. The van der Waals surface area contributed by atoms with E-state index < -0.39 is 5.97 Å². The van der Waals surface area contributed by atoms with Crippen LogP contribution in [0.2, 0.25) is 0 Å². The Labute approximate surface area is 78.8 Å². The van der Waals surface area contributed by atoms with Crippen LogP contribution in [0, 0.1) is 0 Å². The van der Waals surface area contributed by atoms with E-state index in [1.165, 1.54) is 13.2 Å². The predicted molar refractivity (Wildman–Crippen MR) is 48.1 cm³/mol. The van der Waals surface area contributed by atoms with Gasteiger partial charge in [0.05, 0.1) is 17.5 Å². The summed E-state index contributed by atoms with van der Waals surface area (Å²) in [5, 5.41) is 8.65. The van der Waals surface area contributed by atoms with Gasteiger partial charge in [0.1, 0.15) is 5.76 Å². The van der Waals surface area contributed by atoms with Crippen LogP contribution in [-0.2, 0) is 9.53 Å². The highest BCUT2D eigenvalue weighted by Crippen LogP contribution is 2.24. The molecule has 0 aromatic rings. The molecule has 1 unspecified atom stereocenters. The van der Waals surface area contributed by atoms with E-state index in [2.05, 4.69) is 15.9 Å². The van der Waals surface area contributed by atoms with Gasteiger partial charge in [0.15, 0.2) is 0 Å². The first kappa shape index (κ1) is 9.32. The Morgan fingerprint density at radius 3 is 3.00 bits per heavy atom. The van der Waals surface area contributed by atoms with E-state index in [0.29, 0.717) is 17.8 Å². The first-order valence-electron chi connectivity index (χ1n) is 3.48. The van der Waals surface area contributed by atoms with Crippen LogP contribution in [0.3, 0.4) is 0 Å². The maximum absolute atomic E-state index is 10.5. The standard InChI is InChI=1S/C8H9BrO3/c1-12-7-4-5(8(10)11)2-3-6(7)9/h2,4,6H,3H2,1H3,(H,10,11). The maximum Gasteiger partial charge on any atom is 0.335 e. The van der Waals surface area contributed by atoms with Crippen molar-refractivity contribution in [1.82, 2.24) is 0 Å². The maximum atomic E-state index is 10.5. The molecule has 3 nitrogen and oxygen atoms in total. The molecule has 0 spiro atoms. The molecule has 1 rings (SSSR count). The van der Waals surface area contributed by atoms with Crippen molar-refractivity contribution in [3.05, 3.63) is 23.5 Å². The first-order valence-corrected chi connectivity index (χ1v) is 4.40. The summed E-state index contributed by atoms with van der Waals surface area (Å²) >= 11 is 3.36. The Bertz CT molecular complexity index is 255. The molecule has 0 aromatic carbocycles. The highest BCUT2D eigenvalue weighted by Gasteiger charge is 2.18. The second-order valence-corrected chi connectivity index (χ2v) is 3.52. The van der Waals surface area contributed by atoms with Gasteiger partial charge < -0.3 is 9.84 Å². The summed E-state index contributed by atoms with van der Waals surface area (Å²) in [6.07, 6.45) is 3.86. The van der Waals surface area contributed by atoms with Crippen LogP contribution in [0.4, 0.5) is 0 Å². The highest BCUT2D eigenvalue weighted by atomic mass is 79.9. The largest absolute Gasteiger partial charge is 0.500 e. The van der Waals surface area contributed by atoms with Crippen LogP contribution in [0.1, 0.15) is 6.42 Å². The summed E-state index contributed by atoms with van der Waals surface area (Å²) in [6, 6.07) is 0. The molecule has 0 aromatic heterocycles. The Balaban J connectivity index is 2.84. The van der Waals surface area contributed by atoms with Gasteiger partial charge in [-0.05, 0) is 12.5 Å². The van der Waals surface area contributed by atoms with Gasteiger partial charge >= 0.3 is 5.97 Å². The third-order valence-electron chi connectivity index (χ3n) is 1.63. The third kappa shape index (κ3) is 1.88. The second kappa shape index (κ2) is 3.76. The lowest BCUT2D eigenvalue weighted by Crippen LogP contribution is -2.11. The van der Waals surface area contributed by atoms with Gasteiger partial charge in [-0.2, -0.15) is 0 Å². The van der Waals surface area contributed by atoms with E-state index in [1.54, 1.807) is 6.08 Å².